The molecule has 0 fully saturated rings. The van der Waals surface area contributed by atoms with Crippen molar-refractivity contribution >= 4 is 17.5 Å². The molecule has 0 unspecified atom stereocenters. The molecule has 18 heavy (non-hydrogen) atoms. The number of benzene rings is 1. The molecule has 0 aromatic heterocycles. The van der Waals surface area contributed by atoms with E-state index in [0.717, 1.165) is 17.7 Å². The molecule has 0 bridgehead atoms. The standard InChI is InChI=1S/C13H17N3O2/c14-6-1-7-15-13(18)10-2-4-11-9(8-10)3-5-12(17)16-11/h2,4,8H,1,3,5-7,14H2,(H,15,18)(H,16,17). The Morgan fingerprint density at radius 3 is 3.00 bits per heavy atom. The maximum atomic E-state index is 11.8. The number of carbonyl (C=O) groups excluding carboxylic acids is 2. The Morgan fingerprint density at radius 2 is 2.22 bits per heavy atom. The number of fused-ring (bicyclic) bond motifs is 1. The molecule has 1 aromatic rings. The van der Waals surface area contributed by atoms with Gasteiger partial charge in [0, 0.05) is 24.2 Å². The first-order chi connectivity index (χ1) is 8.70. The quantitative estimate of drug-likeness (QED) is 0.683. The van der Waals surface area contributed by atoms with Crippen molar-refractivity contribution in [2.24, 2.45) is 5.73 Å². The molecule has 5 heteroatoms. The van der Waals surface area contributed by atoms with Gasteiger partial charge in [0.1, 0.15) is 0 Å². The molecule has 1 heterocycles. The van der Waals surface area contributed by atoms with Crippen LogP contribution in [0.4, 0.5) is 5.69 Å². The van der Waals surface area contributed by atoms with E-state index in [1.54, 1.807) is 12.1 Å². The Bertz CT molecular complexity index is 471. The van der Waals surface area contributed by atoms with Crippen LogP contribution in [0.15, 0.2) is 18.2 Å². The highest BCUT2D eigenvalue weighted by Gasteiger charge is 2.16. The molecular formula is C13H17N3O2. The summed E-state index contributed by atoms with van der Waals surface area (Å²) in [7, 11) is 0. The third kappa shape index (κ3) is 2.87. The lowest BCUT2D eigenvalue weighted by atomic mass is 10.00. The van der Waals surface area contributed by atoms with E-state index < -0.39 is 0 Å². The van der Waals surface area contributed by atoms with Crippen molar-refractivity contribution in [3.63, 3.8) is 0 Å². The number of nitrogens with one attached hydrogen (secondary N) is 2. The average molecular weight is 247 g/mol. The molecule has 0 saturated carbocycles. The first-order valence-electron chi connectivity index (χ1n) is 6.12. The van der Waals surface area contributed by atoms with E-state index in [0.29, 0.717) is 31.5 Å². The Balaban J connectivity index is 2.06. The number of hydrogen-bond acceptors (Lipinski definition) is 3. The van der Waals surface area contributed by atoms with Gasteiger partial charge in [0.15, 0.2) is 0 Å². The van der Waals surface area contributed by atoms with E-state index in [9.17, 15) is 9.59 Å². The summed E-state index contributed by atoms with van der Waals surface area (Å²) in [6.45, 7) is 1.15. The second-order valence-corrected chi connectivity index (χ2v) is 4.32. The minimum Gasteiger partial charge on any atom is -0.352 e. The van der Waals surface area contributed by atoms with Crippen molar-refractivity contribution in [2.45, 2.75) is 19.3 Å². The number of aryl methyl sites for hydroxylation is 1. The monoisotopic (exact) mass is 247 g/mol. The van der Waals surface area contributed by atoms with Gasteiger partial charge in [-0.2, -0.15) is 0 Å². The highest BCUT2D eigenvalue weighted by atomic mass is 16.2. The highest BCUT2D eigenvalue weighted by Crippen LogP contribution is 2.23. The number of anilines is 1. The van der Waals surface area contributed by atoms with Crippen molar-refractivity contribution < 1.29 is 9.59 Å². The van der Waals surface area contributed by atoms with Gasteiger partial charge < -0.3 is 16.4 Å². The van der Waals surface area contributed by atoms with Crippen LogP contribution in [0.2, 0.25) is 0 Å². The summed E-state index contributed by atoms with van der Waals surface area (Å²) >= 11 is 0. The molecule has 0 radical (unpaired) electrons. The fourth-order valence-electron chi connectivity index (χ4n) is 1.93. The SMILES string of the molecule is NCCCNC(=O)c1ccc2c(c1)CCC(=O)N2. The molecule has 4 N–H and O–H groups in total. The number of rotatable bonds is 4. The molecule has 0 atom stereocenters. The molecule has 2 amide bonds. The van der Waals surface area contributed by atoms with Crippen LogP contribution < -0.4 is 16.4 Å². The van der Waals surface area contributed by atoms with E-state index in [1.807, 2.05) is 6.07 Å². The third-order valence-electron chi connectivity index (χ3n) is 2.93. The topological polar surface area (TPSA) is 84.2 Å². The van der Waals surface area contributed by atoms with Gasteiger partial charge in [-0.3, -0.25) is 9.59 Å². The van der Waals surface area contributed by atoms with Crippen LogP contribution in [0.25, 0.3) is 0 Å². The fourth-order valence-corrected chi connectivity index (χ4v) is 1.93. The van der Waals surface area contributed by atoms with Crippen LogP contribution in [0.1, 0.15) is 28.8 Å². The molecule has 0 saturated heterocycles. The third-order valence-corrected chi connectivity index (χ3v) is 2.93. The summed E-state index contributed by atoms with van der Waals surface area (Å²) in [6.07, 6.45) is 1.93. The molecule has 5 nitrogen and oxygen atoms in total. The van der Waals surface area contributed by atoms with Gasteiger partial charge in [-0.15, -0.1) is 0 Å². The largest absolute Gasteiger partial charge is 0.352 e. The number of hydrogen-bond donors (Lipinski definition) is 3. The zero-order chi connectivity index (χ0) is 13.0. The molecule has 0 aliphatic carbocycles. The summed E-state index contributed by atoms with van der Waals surface area (Å²) in [5.41, 5.74) is 7.82. The lowest BCUT2D eigenvalue weighted by molar-refractivity contribution is -0.116. The van der Waals surface area contributed by atoms with E-state index >= 15 is 0 Å². The van der Waals surface area contributed by atoms with Crippen LogP contribution in [-0.4, -0.2) is 24.9 Å². The maximum Gasteiger partial charge on any atom is 0.251 e. The smallest absolute Gasteiger partial charge is 0.251 e. The predicted molar refractivity (Wildman–Crippen MR) is 69.4 cm³/mol. The van der Waals surface area contributed by atoms with E-state index in [-0.39, 0.29) is 11.8 Å². The van der Waals surface area contributed by atoms with Crippen LogP contribution in [0.5, 0.6) is 0 Å². The van der Waals surface area contributed by atoms with Crippen LogP contribution in [0.3, 0.4) is 0 Å². The maximum absolute atomic E-state index is 11.8. The molecule has 1 aromatic carbocycles. The van der Waals surface area contributed by atoms with Crippen molar-refractivity contribution in [1.29, 1.82) is 0 Å². The van der Waals surface area contributed by atoms with Gasteiger partial charge in [0.2, 0.25) is 5.91 Å². The van der Waals surface area contributed by atoms with Crippen LogP contribution >= 0.6 is 0 Å². The van der Waals surface area contributed by atoms with Gasteiger partial charge in [-0.1, -0.05) is 0 Å². The van der Waals surface area contributed by atoms with Gasteiger partial charge in [-0.25, -0.2) is 0 Å². The lowest BCUT2D eigenvalue weighted by Gasteiger charge is -2.17. The van der Waals surface area contributed by atoms with Crippen molar-refractivity contribution in [1.82, 2.24) is 5.32 Å². The lowest BCUT2D eigenvalue weighted by Crippen LogP contribution is -2.26. The minimum absolute atomic E-state index is 0.0302. The van der Waals surface area contributed by atoms with Crippen LogP contribution in [-0.2, 0) is 11.2 Å². The molecule has 2 rings (SSSR count). The number of nitrogens with two attached hydrogens (primary N) is 1. The first kappa shape index (κ1) is 12.6. The highest BCUT2D eigenvalue weighted by molar-refractivity contribution is 5.97. The Morgan fingerprint density at radius 1 is 1.39 bits per heavy atom. The number of amides is 2. The van der Waals surface area contributed by atoms with Crippen molar-refractivity contribution in [3.05, 3.63) is 29.3 Å². The summed E-state index contributed by atoms with van der Waals surface area (Å²) in [5.74, 6) is -0.0641. The Kier molecular flexibility index (Phi) is 3.94. The van der Waals surface area contributed by atoms with Crippen LogP contribution in [0, 0.1) is 0 Å². The Hall–Kier alpha value is -1.88. The molecule has 1 aliphatic heterocycles. The Labute approximate surface area is 106 Å². The van der Waals surface area contributed by atoms with Crippen molar-refractivity contribution in [2.75, 3.05) is 18.4 Å². The zero-order valence-electron chi connectivity index (χ0n) is 10.2. The molecular weight excluding hydrogens is 230 g/mol. The van der Waals surface area contributed by atoms with Gasteiger partial charge in [0.05, 0.1) is 0 Å². The second kappa shape index (κ2) is 5.64. The summed E-state index contributed by atoms with van der Waals surface area (Å²) < 4.78 is 0. The van der Waals surface area contributed by atoms with E-state index in [4.69, 9.17) is 5.73 Å². The predicted octanol–water partition coefficient (Wildman–Crippen LogP) is 0.650. The van der Waals surface area contributed by atoms with E-state index in [2.05, 4.69) is 10.6 Å². The molecule has 0 spiro atoms. The fraction of sp³-hybridized carbons (Fsp3) is 0.385. The average Bonchev–Trinajstić information content (AvgIpc) is 2.38. The van der Waals surface area contributed by atoms with Gasteiger partial charge >= 0.3 is 0 Å². The van der Waals surface area contributed by atoms with Gasteiger partial charge in [0.25, 0.3) is 5.91 Å². The molecule has 1 aliphatic rings. The minimum atomic E-state index is -0.0943. The zero-order valence-corrected chi connectivity index (χ0v) is 10.2. The second-order valence-electron chi connectivity index (χ2n) is 4.32. The summed E-state index contributed by atoms with van der Waals surface area (Å²) in [5, 5.41) is 5.60. The summed E-state index contributed by atoms with van der Waals surface area (Å²) in [6, 6.07) is 5.35. The van der Waals surface area contributed by atoms with E-state index in [1.165, 1.54) is 0 Å². The summed E-state index contributed by atoms with van der Waals surface area (Å²) in [4.78, 5) is 23.0. The first-order valence-corrected chi connectivity index (χ1v) is 6.12. The normalized spacial score (nSPS) is 13.7. The van der Waals surface area contributed by atoms with Crippen molar-refractivity contribution in [3.8, 4) is 0 Å². The number of carbonyl (C=O) groups is 2. The molecule has 96 valence electrons. The van der Waals surface area contributed by atoms with Gasteiger partial charge in [-0.05, 0) is 43.1 Å².